The van der Waals surface area contributed by atoms with Crippen LogP contribution in [0.1, 0.15) is 55.1 Å². The van der Waals surface area contributed by atoms with E-state index in [0.29, 0.717) is 4.83 Å². The zero-order valence-corrected chi connectivity index (χ0v) is 13.2. The fourth-order valence-corrected chi connectivity index (χ4v) is 3.54. The van der Waals surface area contributed by atoms with Crippen LogP contribution in [0.15, 0.2) is 18.2 Å². The van der Waals surface area contributed by atoms with E-state index in [2.05, 4.69) is 54.9 Å². The molecule has 1 saturated heterocycles. The summed E-state index contributed by atoms with van der Waals surface area (Å²) in [5.41, 5.74) is 4.22. The second kappa shape index (κ2) is 5.75. The van der Waals surface area contributed by atoms with Gasteiger partial charge in [-0.1, -0.05) is 48.0 Å². The van der Waals surface area contributed by atoms with Crippen molar-refractivity contribution < 1.29 is 4.74 Å². The lowest BCUT2D eigenvalue weighted by molar-refractivity contribution is 0.0196. The summed E-state index contributed by atoms with van der Waals surface area (Å²) < 4.78 is 5.98. The molecule has 0 radical (unpaired) electrons. The van der Waals surface area contributed by atoms with Gasteiger partial charge in [-0.25, -0.2) is 0 Å². The maximum Gasteiger partial charge on any atom is 0.0820 e. The molecule has 1 aliphatic rings. The first-order valence-electron chi connectivity index (χ1n) is 7.00. The van der Waals surface area contributed by atoms with E-state index in [-0.39, 0.29) is 5.60 Å². The van der Waals surface area contributed by atoms with Gasteiger partial charge >= 0.3 is 0 Å². The Bertz CT molecular complexity index is 408. The Kier molecular flexibility index (Phi) is 4.50. The molecule has 100 valence electrons. The quantitative estimate of drug-likeness (QED) is 0.725. The lowest BCUT2D eigenvalue weighted by Gasteiger charge is -2.31. The molecule has 1 fully saturated rings. The van der Waals surface area contributed by atoms with Crippen molar-refractivity contribution in [2.24, 2.45) is 0 Å². The number of ether oxygens (including phenoxy) is 1. The lowest BCUT2D eigenvalue weighted by atomic mass is 9.89. The number of aryl methyl sites for hydroxylation is 2. The third-order valence-electron chi connectivity index (χ3n) is 4.06. The number of rotatable bonds is 4. The van der Waals surface area contributed by atoms with Gasteiger partial charge in [-0.3, -0.25) is 0 Å². The van der Waals surface area contributed by atoms with Gasteiger partial charge in [-0.05, 0) is 49.3 Å². The predicted octanol–water partition coefficient (Wildman–Crippen LogP) is 4.82. The minimum atomic E-state index is -0.0454. The Labute approximate surface area is 119 Å². The van der Waals surface area contributed by atoms with Gasteiger partial charge in [0.25, 0.3) is 0 Å². The van der Waals surface area contributed by atoms with Gasteiger partial charge < -0.3 is 4.74 Å². The van der Waals surface area contributed by atoms with E-state index in [9.17, 15) is 0 Å². The third-order valence-corrected chi connectivity index (χ3v) is 5.52. The molecule has 0 bridgehead atoms. The van der Waals surface area contributed by atoms with Crippen molar-refractivity contribution in [1.82, 2.24) is 0 Å². The van der Waals surface area contributed by atoms with E-state index in [1.807, 2.05) is 0 Å². The van der Waals surface area contributed by atoms with E-state index in [1.165, 1.54) is 23.1 Å². The topological polar surface area (TPSA) is 9.23 Å². The molecule has 0 N–H and O–H groups in total. The smallest absolute Gasteiger partial charge is 0.0820 e. The lowest BCUT2D eigenvalue weighted by Crippen LogP contribution is -2.29. The monoisotopic (exact) mass is 310 g/mol. The van der Waals surface area contributed by atoms with Crippen molar-refractivity contribution in [2.45, 2.75) is 56.9 Å². The molecule has 2 atom stereocenters. The number of alkyl halides is 1. The van der Waals surface area contributed by atoms with Gasteiger partial charge in [0.05, 0.1) is 10.4 Å². The zero-order chi connectivity index (χ0) is 13.2. The maximum absolute atomic E-state index is 5.98. The van der Waals surface area contributed by atoms with Crippen LogP contribution < -0.4 is 0 Å². The van der Waals surface area contributed by atoms with Crippen molar-refractivity contribution in [3.8, 4) is 0 Å². The van der Waals surface area contributed by atoms with Crippen LogP contribution in [0, 0.1) is 0 Å². The molecule has 1 nitrogen and oxygen atoms in total. The molecule has 1 aromatic rings. The third kappa shape index (κ3) is 2.65. The second-order valence-corrected chi connectivity index (χ2v) is 6.28. The van der Waals surface area contributed by atoms with Crippen LogP contribution in [-0.4, -0.2) is 12.2 Å². The number of halogens is 1. The Morgan fingerprint density at radius 3 is 2.67 bits per heavy atom. The van der Waals surface area contributed by atoms with Gasteiger partial charge in [-0.2, -0.15) is 0 Å². The number of benzene rings is 1. The van der Waals surface area contributed by atoms with Crippen LogP contribution in [0.5, 0.6) is 0 Å². The Hall–Kier alpha value is -0.340. The van der Waals surface area contributed by atoms with Crippen LogP contribution >= 0.6 is 15.9 Å². The minimum Gasteiger partial charge on any atom is -0.374 e. The first-order valence-corrected chi connectivity index (χ1v) is 7.92. The molecule has 2 heteroatoms. The van der Waals surface area contributed by atoms with E-state index in [0.717, 1.165) is 25.9 Å². The average Bonchev–Trinajstić information content (AvgIpc) is 2.85. The first kappa shape index (κ1) is 14.1. The summed E-state index contributed by atoms with van der Waals surface area (Å²) in [6.07, 6.45) is 4.49. The second-order valence-electron chi connectivity index (χ2n) is 5.37. The summed E-state index contributed by atoms with van der Waals surface area (Å²) >= 11 is 3.90. The molecule has 18 heavy (non-hydrogen) atoms. The standard InChI is InChI=1S/C16H23BrO/c1-4-12-7-8-13(5-2)14(11-12)15(17)16(3)9-6-10-18-16/h7-8,11,15H,4-6,9-10H2,1-3H3. The normalized spacial score (nSPS) is 25.3. The van der Waals surface area contributed by atoms with Crippen molar-refractivity contribution in [1.29, 1.82) is 0 Å². The minimum absolute atomic E-state index is 0.0454. The molecule has 0 aromatic heterocycles. The first-order chi connectivity index (χ1) is 8.60. The Morgan fingerprint density at radius 2 is 2.11 bits per heavy atom. The van der Waals surface area contributed by atoms with Crippen molar-refractivity contribution in [3.63, 3.8) is 0 Å². The summed E-state index contributed by atoms with van der Waals surface area (Å²) in [7, 11) is 0. The fraction of sp³-hybridized carbons (Fsp3) is 0.625. The van der Waals surface area contributed by atoms with E-state index < -0.39 is 0 Å². The van der Waals surface area contributed by atoms with Crippen LogP contribution in [0.2, 0.25) is 0 Å². The molecule has 0 aliphatic carbocycles. The highest BCUT2D eigenvalue weighted by molar-refractivity contribution is 9.09. The van der Waals surface area contributed by atoms with Crippen molar-refractivity contribution in [2.75, 3.05) is 6.61 Å². The summed E-state index contributed by atoms with van der Waals surface area (Å²) in [5.74, 6) is 0. The highest BCUT2D eigenvalue weighted by Gasteiger charge is 2.38. The number of hydrogen-bond donors (Lipinski definition) is 0. The molecule has 1 heterocycles. The van der Waals surface area contributed by atoms with Crippen molar-refractivity contribution >= 4 is 15.9 Å². The van der Waals surface area contributed by atoms with Crippen LogP contribution in [0.3, 0.4) is 0 Å². The molecule has 0 amide bonds. The van der Waals surface area contributed by atoms with Gasteiger partial charge in [0, 0.05) is 6.61 Å². The highest BCUT2D eigenvalue weighted by Crippen LogP contribution is 2.44. The fourth-order valence-electron chi connectivity index (χ4n) is 2.75. The highest BCUT2D eigenvalue weighted by atomic mass is 79.9. The van der Waals surface area contributed by atoms with Crippen LogP contribution in [0.4, 0.5) is 0 Å². The molecular formula is C16H23BrO. The summed E-state index contributed by atoms with van der Waals surface area (Å²) in [6.45, 7) is 7.56. The zero-order valence-electron chi connectivity index (χ0n) is 11.6. The average molecular weight is 311 g/mol. The summed E-state index contributed by atoms with van der Waals surface area (Å²) in [6, 6.07) is 6.88. The van der Waals surface area contributed by atoms with Gasteiger partial charge in [0.2, 0.25) is 0 Å². The largest absolute Gasteiger partial charge is 0.374 e. The molecular weight excluding hydrogens is 288 g/mol. The van der Waals surface area contributed by atoms with Gasteiger partial charge in [0.1, 0.15) is 0 Å². The molecule has 2 rings (SSSR count). The molecule has 0 saturated carbocycles. The summed E-state index contributed by atoms with van der Waals surface area (Å²) in [5, 5.41) is 0. The van der Waals surface area contributed by atoms with E-state index >= 15 is 0 Å². The number of hydrogen-bond acceptors (Lipinski definition) is 1. The molecule has 1 aromatic carbocycles. The molecule has 0 spiro atoms. The predicted molar refractivity (Wildman–Crippen MR) is 80.5 cm³/mol. The summed E-state index contributed by atoms with van der Waals surface area (Å²) in [4.78, 5) is 0.300. The maximum atomic E-state index is 5.98. The Balaban J connectivity index is 2.35. The van der Waals surface area contributed by atoms with Gasteiger partial charge in [-0.15, -0.1) is 0 Å². The van der Waals surface area contributed by atoms with Crippen LogP contribution in [0.25, 0.3) is 0 Å². The Morgan fingerprint density at radius 1 is 1.33 bits per heavy atom. The van der Waals surface area contributed by atoms with E-state index in [4.69, 9.17) is 4.74 Å². The SMILES string of the molecule is CCc1ccc(CC)c(C(Br)C2(C)CCCO2)c1. The van der Waals surface area contributed by atoms with Crippen LogP contribution in [-0.2, 0) is 17.6 Å². The molecule has 2 unspecified atom stereocenters. The van der Waals surface area contributed by atoms with Gasteiger partial charge in [0.15, 0.2) is 0 Å². The van der Waals surface area contributed by atoms with E-state index in [1.54, 1.807) is 0 Å². The molecule has 1 aliphatic heterocycles. The van der Waals surface area contributed by atoms with Crippen molar-refractivity contribution in [3.05, 3.63) is 34.9 Å².